The third-order valence-corrected chi connectivity index (χ3v) is 3.08. The fourth-order valence-electron chi connectivity index (χ4n) is 1.94. The van der Waals surface area contributed by atoms with Gasteiger partial charge < -0.3 is 14.8 Å². The van der Waals surface area contributed by atoms with Crippen molar-refractivity contribution in [2.24, 2.45) is 0 Å². The molecule has 0 atom stereocenters. The second kappa shape index (κ2) is 6.80. The van der Waals surface area contributed by atoms with Gasteiger partial charge in [-0.05, 0) is 42.7 Å². The van der Waals surface area contributed by atoms with Crippen molar-refractivity contribution < 1.29 is 9.47 Å². The van der Waals surface area contributed by atoms with Crippen LogP contribution in [-0.2, 0) is 6.42 Å². The molecule has 0 bridgehead atoms. The van der Waals surface area contributed by atoms with Gasteiger partial charge in [0, 0.05) is 12.7 Å². The summed E-state index contributed by atoms with van der Waals surface area (Å²) in [5.74, 6) is 2.42. The number of aryl methyl sites for hydroxylation is 1. The van der Waals surface area contributed by atoms with E-state index in [0.29, 0.717) is 0 Å². The van der Waals surface area contributed by atoms with Crippen molar-refractivity contribution in [3.63, 3.8) is 0 Å². The molecule has 4 nitrogen and oxygen atoms in total. The Morgan fingerprint density at radius 2 is 1.85 bits per heavy atom. The Balaban J connectivity index is 1.92. The minimum absolute atomic E-state index is 0.754. The third kappa shape index (κ3) is 3.63. The van der Waals surface area contributed by atoms with Crippen LogP contribution in [0.2, 0.25) is 0 Å². The quantitative estimate of drug-likeness (QED) is 0.877. The molecule has 1 aromatic heterocycles. The zero-order chi connectivity index (χ0) is 14.4. The standard InChI is InChI=1S/C16H20N2O2/c1-12-4-7-16(18-11-12)17-9-8-13-5-6-14(19-2)15(10-13)20-3/h4-7,10-11H,8-9H2,1-3H3,(H,17,18). The molecule has 0 spiro atoms. The van der Waals surface area contributed by atoms with Crippen molar-refractivity contribution in [3.05, 3.63) is 47.7 Å². The summed E-state index contributed by atoms with van der Waals surface area (Å²) in [6, 6.07) is 10.0. The van der Waals surface area contributed by atoms with Crippen molar-refractivity contribution >= 4 is 5.82 Å². The average Bonchev–Trinajstić information content (AvgIpc) is 2.49. The summed E-state index contributed by atoms with van der Waals surface area (Å²) in [5, 5.41) is 3.30. The maximum atomic E-state index is 5.30. The summed E-state index contributed by atoms with van der Waals surface area (Å²) in [6.07, 6.45) is 2.76. The van der Waals surface area contributed by atoms with Crippen LogP contribution < -0.4 is 14.8 Å². The molecule has 2 rings (SSSR count). The third-order valence-electron chi connectivity index (χ3n) is 3.08. The van der Waals surface area contributed by atoms with Crippen LogP contribution in [-0.4, -0.2) is 25.7 Å². The van der Waals surface area contributed by atoms with Crippen LogP contribution in [0.15, 0.2) is 36.5 Å². The molecule has 0 radical (unpaired) electrons. The summed E-state index contributed by atoms with van der Waals surface area (Å²) in [6.45, 7) is 2.85. The molecule has 0 amide bonds. The van der Waals surface area contributed by atoms with Gasteiger partial charge >= 0.3 is 0 Å². The largest absolute Gasteiger partial charge is 0.493 e. The number of ether oxygens (including phenoxy) is 2. The Bertz CT molecular complexity index is 553. The molecule has 0 unspecified atom stereocenters. The van der Waals surface area contributed by atoms with Crippen molar-refractivity contribution in [2.45, 2.75) is 13.3 Å². The fourth-order valence-corrected chi connectivity index (χ4v) is 1.94. The second-order valence-electron chi connectivity index (χ2n) is 4.59. The van der Waals surface area contributed by atoms with E-state index in [1.807, 2.05) is 43.5 Å². The number of aromatic nitrogens is 1. The molecule has 20 heavy (non-hydrogen) atoms. The van der Waals surface area contributed by atoms with E-state index in [0.717, 1.165) is 35.8 Å². The Morgan fingerprint density at radius 3 is 2.50 bits per heavy atom. The van der Waals surface area contributed by atoms with Crippen LogP contribution in [0, 0.1) is 6.92 Å². The van der Waals surface area contributed by atoms with Gasteiger partial charge in [0.15, 0.2) is 11.5 Å². The Hall–Kier alpha value is -2.23. The second-order valence-corrected chi connectivity index (χ2v) is 4.59. The van der Waals surface area contributed by atoms with E-state index < -0.39 is 0 Å². The minimum Gasteiger partial charge on any atom is -0.493 e. The number of pyridine rings is 1. The molecule has 1 N–H and O–H groups in total. The monoisotopic (exact) mass is 272 g/mol. The number of methoxy groups -OCH3 is 2. The number of hydrogen-bond acceptors (Lipinski definition) is 4. The normalized spacial score (nSPS) is 10.2. The van der Waals surface area contributed by atoms with Gasteiger partial charge in [0.25, 0.3) is 0 Å². The first-order valence-corrected chi connectivity index (χ1v) is 6.60. The van der Waals surface area contributed by atoms with Crippen molar-refractivity contribution in [3.8, 4) is 11.5 Å². The number of anilines is 1. The Kier molecular flexibility index (Phi) is 4.82. The van der Waals surface area contributed by atoms with E-state index in [1.54, 1.807) is 14.2 Å². The summed E-state index contributed by atoms with van der Waals surface area (Å²) < 4.78 is 10.5. The lowest BCUT2D eigenvalue weighted by atomic mass is 10.1. The minimum atomic E-state index is 0.754. The highest BCUT2D eigenvalue weighted by Gasteiger charge is 2.04. The first kappa shape index (κ1) is 14.2. The lowest BCUT2D eigenvalue weighted by Crippen LogP contribution is -2.06. The van der Waals surface area contributed by atoms with Crippen LogP contribution in [0.25, 0.3) is 0 Å². The molecule has 0 saturated heterocycles. The predicted molar refractivity (Wildman–Crippen MR) is 80.7 cm³/mol. The number of rotatable bonds is 6. The molecule has 2 aromatic rings. The maximum absolute atomic E-state index is 5.30. The zero-order valence-corrected chi connectivity index (χ0v) is 12.1. The van der Waals surface area contributed by atoms with Gasteiger partial charge in [-0.3, -0.25) is 0 Å². The SMILES string of the molecule is COc1ccc(CCNc2ccc(C)cn2)cc1OC. The fraction of sp³-hybridized carbons (Fsp3) is 0.312. The molecule has 4 heteroatoms. The van der Waals surface area contributed by atoms with Crippen LogP contribution in [0.1, 0.15) is 11.1 Å². The number of benzene rings is 1. The molecule has 106 valence electrons. The molecule has 0 aliphatic rings. The molecular formula is C16H20N2O2. The predicted octanol–water partition coefficient (Wildman–Crippen LogP) is 3.06. The summed E-state index contributed by atoms with van der Waals surface area (Å²) >= 11 is 0. The molecular weight excluding hydrogens is 252 g/mol. The van der Waals surface area contributed by atoms with Crippen LogP contribution in [0.5, 0.6) is 11.5 Å². The van der Waals surface area contributed by atoms with E-state index in [4.69, 9.17) is 9.47 Å². The van der Waals surface area contributed by atoms with E-state index in [1.165, 1.54) is 5.56 Å². The van der Waals surface area contributed by atoms with Crippen LogP contribution >= 0.6 is 0 Å². The van der Waals surface area contributed by atoms with Crippen LogP contribution in [0.3, 0.4) is 0 Å². The summed E-state index contributed by atoms with van der Waals surface area (Å²) in [7, 11) is 3.29. The molecule has 0 aliphatic carbocycles. The first-order valence-electron chi connectivity index (χ1n) is 6.60. The topological polar surface area (TPSA) is 43.4 Å². The molecule has 1 heterocycles. The summed E-state index contributed by atoms with van der Waals surface area (Å²) in [4.78, 5) is 4.31. The van der Waals surface area contributed by atoms with Gasteiger partial charge in [-0.15, -0.1) is 0 Å². The Morgan fingerprint density at radius 1 is 1.05 bits per heavy atom. The van der Waals surface area contributed by atoms with Crippen LogP contribution in [0.4, 0.5) is 5.82 Å². The van der Waals surface area contributed by atoms with E-state index in [2.05, 4.69) is 10.3 Å². The van der Waals surface area contributed by atoms with Crippen molar-refractivity contribution in [1.82, 2.24) is 4.98 Å². The van der Waals surface area contributed by atoms with Gasteiger partial charge in [0.05, 0.1) is 14.2 Å². The van der Waals surface area contributed by atoms with Gasteiger partial charge in [-0.2, -0.15) is 0 Å². The highest BCUT2D eigenvalue weighted by atomic mass is 16.5. The van der Waals surface area contributed by atoms with Gasteiger partial charge in [-0.25, -0.2) is 4.98 Å². The number of nitrogens with zero attached hydrogens (tertiary/aromatic N) is 1. The molecule has 0 saturated carbocycles. The van der Waals surface area contributed by atoms with E-state index in [9.17, 15) is 0 Å². The van der Waals surface area contributed by atoms with E-state index in [-0.39, 0.29) is 0 Å². The van der Waals surface area contributed by atoms with E-state index >= 15 is 0 Å². The first-order chi connectivity index (χ1) is 9.72. The smallest absolute Gasteiger partial charge is 0.160 e. The highest BCUT2D eigenvalue weighted by molar-refractivity contribution is 5.43. The number of hydrogen-bond donors (Lipinski definition) is 1. The van der Waals surface area contributed by atoms with Crippen molar-refractivity contribution in [1.29, 1.82) is 0 Å². The molecule has 0 aliphatic heterocycles. The lowest BCUT2D eigenvalue weighted by molar-refractivity contribution is 0.354. The molecule has 1 aromatic carbocycles. The lowest BCUT2D eigenvalue weighted by Gasteiger charge is -2.10. The zero-order valence-electron chi connectivity index (χ0n) is 12.1. The van der Waals surface area contributed by atoms with Crippen molar-refractivity contribution in [2.75, 3.05) is 26.1 Å². The number of nitrogens with one attached hydrogen (secondary N) is 1. The average molecular weight is 272 g/mol. The summed E-state index contributed by atoms with van der Waals surface area (Å²) in [5.41, 5.74) is 2.36. The van der Waals surface area contributed by atoms with Gasteiger partial charge in [0.1, 0.15) is 5.82 Å². The maximum Gasteiger partial charge on any atom is 0.160 e. The molecule has 0 fully saturated rings. The van der Waals surface area contributed by atoms with Gasteiger partial charge in [-0.1, -0.05) is 12.1 Å². The van der Waals surface area contributed by atoms with Gasteiger partial charge in [0.2, 0.25) is 0 Å². The Labute approximate surface area is 119 Å². The highest BCUT2D eigenvalue weighted by Crippen LogP contribution is 2.27.